The first kappa shape index (κ1) is 22.9. The average molecular weight is 475 g/mol. The summed E-state index contributed by atoms with van der Waals surface area (Å²) >= 11 is 0. The Morgan fingerprint density at radius 1 is 1.24 bits per heavy atom. The zero-order valence-corrected chi connectivity index (χ0v) is 19.4. The summed E-state index contributed by atoms with van der Waals surface area (Å²) in [6, 6.07) is 4.30. The number of ether oxygens (including phenoxy) is 3. The highest BCUT2D eigenvalue weighted by atomic mass is 19.3. The molecule has 2 fully saturated rings. The standard InChI is InChI=1S/C24H28F2N4O4/c1-13(15-5-4-6-16-20(15)34-12-24(16,25)26)27-21-19(22-32-9-10-33-22)17(28-14(2)29-21)11-18(31)30-23(3)7-8-23/h4-6,13,22H,7-12H2,1-3H3,(H,30,31)(H,27,28,29)/t13-/m1/s1. The molecule has 1 aromatic carbocycles. The van der Waals surface area contributed by atoms with Gasteiger partial charge in [0.05, 0.1) is 42.5 Å². The predicted molar refractivity (Wildman–Crippen MR) is 119 cm³/mol. The highest BCUT2D eigenvalue weighted by Crippen LogP contribution is 2.45. The van der Waals surface area contributed by atoms with E-state index in [4.69, 9.17) is 14.2 Å². The minimum absolute atomic E-state index is 0.0522. The molecule has 10 heteroatoms. The number of aryl methyl sites for hydroxylation is 1. The molecule has 0 bridgehead atoms. The summed E-state index contributed by atoms with van der Waals surface area (Å²) in [5.74, 6) is -2.06. The van der Waals surface area contributed by atoms with E-state index >= 15 is 0 Å². The number of nitrogens with one attached hydrogen (secondary N) is 2. The topological polar surface area (TPSA) is 94.6 Å². The van der Waals surface area contributed by atoms with E-state index in [9.17, 15) is 13.6 Å². The molecule has 1 atom stereocenters. The predicted octanol–water partition coefficient (Wildman–Crippen LogP) is 3.70. The molecular formula is C24H28F2N4O4. The van der Waals surface area contributed by atoms with Crippen LogP contribution < -0.4 is 15.4 Å². The van der Waals surface area contributed by atoms with Crippen LogP contribution in [0.3, 0.4) is 0 Å². The Kier molecular flexibility index (Phi) is 5.68. The monoisotopic (exact) mass is 474 g/mol. The Balaban J connectivity index is 1.47. The van der Waals surface area contributed by atoms with Gasteiger partial charge >= 0.3 is 5.92 Å². The van der Waals surface area contributed by atoms with Gasteiger partial charge in [-0.05, 0) is 39.7 Å². The lowest BCUT2D eigenvalue weighted by molar-refractivity contribution is -0.121. The summed E-state index contributed by atoms with van der Waals surface area (Å²) in [6.07, 6.45) is 1.24. The average Bonchev–Trinajstić information content (AvgIpc) is 3.14. The molecule has 1 saturated heterocycles. The molecule has 2 aliphatic heterocycles. The van der Waals surface area contributed by atoms with Crippen molar-refractivity contribution in [3.8, 4) is 5.75 Å². The number of hydrogen-bond donors (Lipinski definition) is 2. The van der Waals surface area contributed by atoms with Gasteiger partial charge in [0.1, 0.15) is 17.4 Å². The van der Waals surface area contributed by atoms with E-state index in [-0.39, 0.29) is 29.2 Å². The third-order valence-corrected chi connectivity index (χ3v) is 6.42. The molecule has 2 aromatic rings. The van der Waals surface area contributed by atoms with Crippen LogP contribution in [-0.2, 0) is 26.6 Å². The third kappa shape index (κ3) is 4.44. The van der Waals surface area contributed by atoms with E-state index in [1.807, 2.05) is 13.8 Å². The Morgan fingerprint density at radius 2 is 1.97 bits per heavy atom. The molecule has 2 N–H and O–H groups in total. The second-order valence-corrected chi connectivity index (χ2v) is 9.42. The number of carbonyl (C=O) groups is 1. The van der Waals surface area contributed by atoms with Crippen LogP contribution in [0.5, 0.6) is 5.75 Å². The van der Waals surface area contributed by atoms with Crippen LogP contribution in [-0.4, -0.2) is 41.2 Å². The largest absolute Gasteiger partial charge is 0.486 e. The minimum Gasteiger partial charge on any atom is -0.486 e. The lowest BCUT2D eigenvalue weighted by atomic mass is 10.0. The Morgan fingerprint density at radius 3 is 2.68 bits per heavy atom. The van der Waals surface area contributed by atoms with E-state index in [0.717, 1.165) is 12.8 Å². The van der Waals surface area contributed by atoms with Crippen molar-refractivity contribution in [2.75, 3.05) is 25.1 Å². The highest BCUT2D eigenvalue weighted by molar-refractivity contribution is 5.80. The van der Waals surface area contributed by atoms with Crippen LogP contribution in [0.4, 0.5) is 14.6 Å². The van der Waals surface area contributed by atoms with Crippen LogP contribution in [0.25, 0.3) is 0 Å². The van der Waals surface area contributed by atoms with E-state index in [0.29, 0.717) is 41.7 Å². The lowest BCUT2D eigenvalue weighted by Crippen LogP contribution is -2.36. The van der Waals surface area contributed by atoms with Crippen molar-refractivity contribution < 1.29 is 27.8 Å². The summed E-state index contributed by atoms with van der Waals surface area (Å²) in [6.45, 7) is 5.74. The molecule has 0 radical (unpaired) electrons. The number of rotatable bonds is 7. The number of aromatic nitrogens is 2. The van der Waals surface area contributed by atoms with Crippen LogP contribution in [0.2, 0.25) is 0 Å². The highest BCUT2D eigenvalue weighted by Gasteiger charge is 2.43. The summed E-state index contributed by atoms with van der Waals surface area (Å²) in [5, 5.41) is 6.36. The van der Waals surface area contributed by atoms with Crippen molar-refractivity contribution in [2.24, 2.45) is 0 Å². The SMILES string of the molecule is Cc1nc(CC(=O)NC2(C)CC2)c(C2OCCO2)c(N[C@H](C)c2cccc3c2OCC3(F)F)n1. The molecule has 1 aliphatic carbocycles. The number of amides is 1. The molecule has 0 spiro atoms. The molecule has 1 amide bonds. The zero-order valence-electron chi connectivity index (χ0n) is 19.4. The smallest absolute Gasteiger partial charge is 0.310 e. The van der Waals surface area contributed by atoms with Gasteiger partial charge in [-0.25, -0.2) is 9.97 Å². The van der Waals surface area contributed by atoms with Gasteiger partial charge in [0.15, 0.2) is 12.9 Å². The second-order valence-electron chi connectivity index (χ2n) is 9.42. The molecule has 0 unspecified atom stereocenters. The number of benzene rings is 1. The van der Waals surface area contributed by atoms with Crippen molar-refractivity contribution >= 4 is 11.7 Å². The molecule has 1 saturated carbocycles. The third-order valence-electron chi connectivity index (χ3n) is 6.42. The molecule has 3 aliphatic rings. The normalized spacial score (nSPS) is 21.0. The van der Waals surface area contributed by atoms with E-state index in [1.54, 1.807) is 19.1 Å². The first-order valence-electron chi connectivity index (χ1n) is 11.5. The number of halogens is 2. The summed E-state index contributed by atoms with van der Waals surface area (Å²) in [7, 11) is 0. The van der Waals surface area contributed by atoms with Crippen LogP contribution >= 0.6 is 0 Å². The van der Waals surface area contributed by atoms with Gasteiger partial charge in [-0.15, -0.1) is 0 Å². The first-order chi connectivity index (χ1) is 16.2. The van der Waals surface area contributed by atoms with Gasteiger partial charge in [-0.3, -0.25) is 4.79 Å². The molecule has 5 rings (SSSR count). The lowest BCUT2D eigenvalue weighted by Gasteiger charge is -2.23. The van der Waals surface area contributed by atoms with Gasteiger partial charge in [0, 0.05) is 11.1 Å². The number of alkyl halides is 2. The summed E-state index contributed by atoms with van der Waals surface area (Å²) < 4.78 is 45.2. The van der Waals surface area contributed by atoms with E-state index in [2.05, 4.69) is 20.6 Å². The Labute approximate surface area is 196 Å². The molecule has 1 aromatic heterocycles. The van der Waals surface area contributed by atoms with Crippen LogP contribution in [0.15, 0.2) is 18.2 Å². The fourth-order valence-electron chi connectivity index (χ4n) is 4.37. The first-order valence-corrected chi connectivity index (χ1v) is 11.5. The van der Waals surface area contributed by atoms with Crippen molar-refractivity contribution in [2.45, 2.75) is 63.8 Å². The number of nitrogens with zero attached hydrogens (tertiary/aromatic N) is 2. The van der Waals surface area contributed by atoms with Gasteiger partial charge in [-0.2, -0.15) is 8.78 Å². The Bertz CT molecular complexity index is 1120. The zero-order chi connectivity index (χ0) is 24.1. The fourth-order valence-corrected chi connectivity index (χ4v) is 4.37. The minimum atomic E-state index is -3.02. The molecule has 34 heavy (non-hydrogen) atoms. The maximum Gasteiger partial charge on any atom is 0.310 e. The Hall–Kier alpha value is -2.85. The molecule has 182 valence electrons. The maximum absolute atomic E-state index is 14.2. The summed E-state index contributed by atoms with van der Waals surface area (Å²) in [5.41, 5.74) is 1.38. The quantitative estimate of drug-likeness (QED) is 0.632. The molecular weight excluding hydrogens is 446 g/mol. The fraction of sp³-hybridized carbons (Fsp3) is 0.542. The van der Waals surface area contributed by atoms with E-state index in [1.165, 1.54) is 6.07 Å². The number of anilines is 1. The van der Waals surface area contributed by atoms with Gasteiger partial charge in [-0.1, -0.05) is 12.1 Å². The molecule has 3 heterocycles. The van der Waals surface area contributed by atoms with Gasteiger partial charge in [0.2, 0.25) is 5.91 Å². The number of hydrogen-bond acceptors (Lipinski definition) is 7. The van der Waals surface area contributed by atoms with Crippen molar-refractivity contribution in [3.63, 3.8) is 0 Å². The van der Waals surface area contributed by atoms with Crippen molar-refractivity contribution in [1.29, 1.82) is 0 Å². The summed E-state index contributed by atoms with van der Waals surface area (Å²) in [4.78, 5) is 21.8. The number of carbonyl (C=O) groups excluding carboxylic acids is 1. The van der Waals surface area contributed by atoms with Crippen molar-refractivity contribution in [1.82, 2.24) is 15.3 Å². The van der Waals surface area contributed by atoms with Crippen molar-refractivity contribution in [3.05, 3.63) is 46.4 Å². The molecule has 8 nitrogen and oxygen atoms in total. The van der Waals surface area contributed by atoms with E-state index < -0.39 is 24.9 Å². The van der Waals surface area contributed by atoms with Gasteiger partial charge < -0.3 is 24.8 Å². The number of para-hydroxylation sites is 1. The number of fused-ring (bicyclic) bond motifs is 1. The maximum atomic E-state index is 14.2. The van der Waals surface area contributed by atoms with Gasteiger partial charge in [0.25, 0.3) is 0 Å². The van der Waals surface area contributed by atoms with Crippen LogP contribution in [0.1, 0.15) is 67.2 Å². The van der Waals surface area contributed by atoms with Crippen LogP contribution in [0, 0.1) is 6.92 Å². The second kappa shape index (κ2) is 8.42.